The number of hydrogen-bond donors (Lipinski definition) is 2. The maximum atomic E-state index is 10.4. The molecular weight excluding hydrogens is 330 g/mol. The van der Waals surface area contributed by atoms with Crippen LogP contribution in [0.4, 0.5) is 0 Å². The number of likely N-dealkylation sites (tertiary alicyclic amines) is 1. The number of benzene rings is 1. The molecule has 3 N–H and O–H groups in total. The molecule has 4 rings (SSSR count). The maximum absolute atomic E-state index is 10.4. The molecule has 3 aromatic rings. The van der Waals surface area contributed by atoms with E-state index < -0.39 is 0 Å². The van der Waals surface area contributed by atoms with Crippen molar-refractivity contribution >= 4 is 38.4 Å². The average molecular weight is 353 g/mol. The number of phenolic OH excluding ortho intramolecular Hbond substituents is 1. The van der Waals surface area contributed by atoms with Crippen molar-refractivity contribution in [3.63, 3.8) is 0 Å². The van der Waals surface area contributed by atoms with Gasteiger partial charge in [-0.15, -0.1) is 11.3 Å². The van der Waals surface area contributed by atoms with Gasteiger partial charge in [-0.1, -0.05) is 12.2 Å². The summed E-state index contributed by atoms with van der Waals surface area (Å²) in [6, 6.07) is 5.73. The molecule has 1 aliphatic rings. The molecule has 0 atom stereocenters. The van der Waals surface area contributed by atoms with Crippen LogP contribution in [-0.2, 0) is 0 Å². The van der Waals surface area contributed by atoms with Crippen molar-refractivity contribution < 1.29 is 5.11 Å². The number of aromatic nitrogens is 1. The van der Waals surface area contributed by atoms with Crippen LogP contribution in [-0.4, -0.2) is 41.2 Å². The van der Waals surface area contributed by atoms with Crippen molar-refractivity contribution in [2.45, 2.75) is 12.8 Å². The first-order chi connectivity index (χ1) is 12.3. The van der Waals surface area contributed by atoms with Gasteiger partial charge in [0, 0.05) is 29.1 Å². The van der Waals surface area contributed by atoms with Gasteiger partial charge in [0.05, 0.1) is 10.2 Å². The zero-order valence-corrected chi connectivity index (χ0v) is 15.0. The maximum Gasteiger partial charge on any atom is 0.123 e. The van der Waals surface area contributed by atoms with E-state index in [2.05, 4.69) is 27.4 Å². The van der Waals surface area contributed by atoms with Crippen LogP contribution >= 0.6 is 11.3 Å². The molecule has 0 aliphatic carbocycles. The standard InChI is InChI=1S/C20H23N3OS/c21-12-14-5-9-23(10-6-14)8-1-2-15-18(24)4-3-17-20(15)16-7-11-25-19(16)13-22-17/h1-4,7,11,13-14,24H,5-6,8-10,12,21H2/b2-1+. The molecule has 130 valence electrons. The van der Waals surface area contributed by atoms with E-state index in [4.69, 9.17) is 5.73 Å². The first kappa shape index (κ1) is 16.5. The van der Waals surface area contributed by atoms with Gasteiger partial charge in [-0.25, -0.2) is 0 Å². The van der Waals surface area contributed by atoms with Gasteiger partial charge in [-0.05, 0) is 62.0 Å². The minimum Gasteiger partial charge on any atom is -0.507 e. The normalized spacial score (nSPS) is 17.2. The molecule has 0 spiro atoms. The number of pyridine rings is 1. The lowest BCUT2D eigenvalue weighted by Gasteiger charge is -2.30. The molecule has 4 nitrogen and oxygen atoms in total. The number of rotatable bonds is 4. The van der Waals surface area contributed by atoms with Gasteiger partial charge in [-0.3, -0.25) is 9.88 Å². The van der Waals surface area contributed by atoms with Crippen molar-refractivity contribution in [2.24, 2.45) is 11.7 Å². The van der Waals surface area contributed by atoms with E-state index in [0.717, 1.165) is 52.7 Å². The Labute approximate surface area is 151 Å². The van der Waals surface area contributed by atoms with Crippen LogP contribution in [0.15, 0.2) is 35.9 Å². The van der Waals surface area contributed by atoms with Crippen LogP contribution < -0.4 is 5.73 Å². The van der Waals surface area contributed by atoms with Gasteiger partial charge >= 0.3 is 0 Å². The van der Waals surface area contributed by atoms with Crippen LogP contribution in [0.5, 0.6) is 5.75 Å². The Morgan fingerprint density at radius 2 is 2.12 bits per heavy atom. The number of aromatic hydroxyl groups is 1. The summed E-state index contributed by atoms with van der Waals surface area (Å²) >= 11 is 1.68. The number of phenols is 1. The van der Waals surface area contributed by atoms with Crippen LogP contribution in [0.3, 0.4) is 0 Å². The van der Waals surface area contributed by atoms with Gasteiger partial charge in [0.25, 0.3) is 0 Å². The quantitative estimate of drug-likeness (QED) is 0.748. The van der Waals surface area contributed by atoms with E-state index in [-0.39, 0.29) is 0 Å². The third-order valence-corrected chi connectivity index (χ3v) is 6.03. The van der Waals surface area contributed by atoms with Gasteiger partial charge in [0.1, 0.15) is 5.75 Å². The number of nitrogens with zero attached hydrogens (tertiary/aromatic N) is 2. The third kappa shape index (κ3) is 3.27. The third-order valence-electron chi connectivity index (χ3n) is 5.17. The molecule has 1 saturated heterocycles. The van der Waals surface area contributed by atoms with Crippen molar-refractivity contribution in [1.29, 1.82) is 0 Å². The smallest absolute Gasteiger partial charge is 0.123 e. The fourth-order valence-electron chi connectivity index (χ4n) is 3.64. The Kier molecular flexibility index (Phi) is 4.70. The van der Waals surface area contributed by atoms with Gasteiger partial charge in [0.15, 0.2) is 0 Å². The molecule has 25 heavy (non-hydrogen) atoms. The second-order valence-corrected chi connectivity index (χ2v) is 7.68. The minimum absolute atomic E-state index is 0.311. The Bertz CT molecular complexity index is 910. The molecule has 0 bridgehead atoms. The Morgan fingerprint density at radius 3 is 2.92 bits per heavy atom. The van der Waals surface area contributed by atoms with E-state index in [1.54, 1.807) is 17.4 Å². The second kappa shape index (κ2) is 7.12. The Balaban J connectivity index is 1.60. The number of fused-ring (bicyclic) bond motifs is 3. The summed E-state index contributed by atoms with van der Waals surface area (Å²) < 4.78 is 1.15. The average Bonchev–Trinajstić information content (AvgIpc) is 3.13. The largest absolute Gasteiger partial charge is 0.507 e. The summed E-state index contributed by atoms with van der Waals surface area (Å²) in [6.07, 6.45) is 8.48. The number of piperidine rings is 1. The van der Waals surface area contributed by atoms with Gasteiger partial charge in [-0.2, -0.15) is 0 Å². The summed E-state index contributed by atoms with van der Waals surface area (Å²) in [5.41, 5.74) is 7.56. The lowest BCUT2D eigenvalue weighted by Crippen LogP contribution is -2.36. The predicted molar refractivity (Wildman–Crippen MR) is 106 cm³/mol. The molecule has 1 aliphatic heterocycles. The monoisotopic (exact) mass is 353 g/mol. The SMILES string of the molecule is NCC1CCN(C/C=C/c2c(O)ccc3ncc4sccc4c23)CC1. The zero-order valence-electron chi connectivity index (χ0n) is 14.2. The molecule has 3 heterocycles. The molecule has 2 aromatic heterocycles. The fourth-order valence-corrected chi connectivity index (χ4v) is 4.40. The molecule has 0 radical (unpaired) electrons. The lowest BCUT2D eigenvalue weighted by molar-refractivity contribution is 0.204. The summed E-state index contributed by atoms with van der Waals surface area (Å²) in [4.78, 5) is 6.99. The summed E-state index contributed by atoms with van der Waals surface area (Å²) in [6.45, 7) is 3.91. The highest BCUT2D eigenvalue weighted by Crippen LogP contribution is 2.34. The zero-order chi connectivity index (χ0) is 17.2. The van der Waals surface area contributed by atoms with E-state index in [0.29, 0.717) is 11.7 Å². The minimum atomic E-state index is 0.311. The topological polar surface area (TPSA) is 62.4 Å². The molecular formula is C20H23N3OS. The van der Waals surface area contributed by atoms with Gasteiger partial charge < -0.3 is 10.8 Å². The Hall–Kier alpha value is -1.95. The molecule has 0 saturated carbocycles. The highest BCUT2D eigenvalue weighted by atomic mass is 32.1. The number of hydrogen-bond acceptors (Lipinski definition) is 5. The van der Waals surface area contributed by atoms with Crippen LogP contribution in [0.1, 0.15) is 18.4 Å². The first-order valence-electron chi connectivity index (χ1n) is 8.83. The van der Waals surface area contributed by atoms with Crippen molar-refractivity contribution in [3.8, 4) is 5.75 Å². The van der Waals surface area contributed by atoms with Gasteiger partial charge in [0.2, 0.25) is 0 Å². The summed E-state index contributed by atoms with van der Waals surface area (Å²) in [7, 11) is 0. The highest BCUT2D eigenvalue weighted by Gasteiger charge is 2.17. The van der Waals surface area contributed by atoms with Crippen LogP contribution in [0.2, 0.25) is 0 Å². The highest BCUT2D eigenvalue weighted by molar-refractivity contribution is 7.17. The molecule has 1 aromatic carbocycles. The van der Waals surface area contributed by atoms with E-state index in [1.165, 1.54) is 12.8 Å². The molecule has 0 amide bonds. The fraction of sp³-hybridized carbons (Fsp3) is 0.350. The number of thiophene rings is 1. The Morgan fingerprint density at radius 1 is 1.28 bits per heavy atom. The molecule has 0 unspecified atom stereocenters. The predicted octanol–water partition coefficient (Wildman–Crippen LogP) is 3.84. The second-order valence-electron chi connectivity index (χ2n) is 6.73. The lowest BCUT2D eigenvalue weighted by atomic mass is 9.97. The van der Waals surface area contributed by atoms with Crippen LogP contribution in [0, 0.1) is 5.92 Å². The van der Waals surface area contributed by atoms with E-state index >= 15 is 0 Å². The van der Waals surface area contributed by atoms with E-state index in [9.17, 15) is 5.11 Å². The molecule has 1 fully saturated rings. The van der Waals surface area contributed by atoms with Crippen LogP contribution in [0.25, 0.3) is 27.1 Å². The first-order valence-corrected chi connectivity index (χ1v) is 9.71. The summed E-state index contributed by atoms with van der Waals surface area (Å²) in [5, 5.41) is 14.7. The molecule has 5 heteroatoms. The van der Waals surface area contributed by atoms with Crippen molar-refractivity contribution in [1.82, 2.24) is 9.88 Å². The number of nitrogens with two attached hydrogens (primary N) is 1. The van der Waals surface area contributed by atoms with E-state index in [1.807, 2.05) is 18.3 Å². The van der Waals surface area contributed by atoms with Crippen molar-refractivity contribution in [2.75, 3.05) is 26.2 Å². The summed E-state index contributed by atoms with van der Waals surface area (Å²) in [5.74, 6) is 0.992. The van der Waals surface area contributed by atoms with Crippen molar-refractivity contribution in [3.05, 3.63) is 41.4 Å².